The quantitative estimate of drug-likeness (QED) is 0.495. The minimum Gasteiger partial charge on any atom is -0.0622 e. The van der Waals surface area contributed by atoms with Crippen molar-refractivity contribution in [2.24, 2.45) is 0 Å². The minimum atomic E-state index is -0.446. The summed E-state index contributed by atoms with van der Waals surface area (Å²) in [7, 11) is 5.15. The molecular weight excluding hydrogens is 394 g/mol. The van der Waals surface area contributed by atoms with Gasteiger partial charge in [0.05, 0.1) is 0 Å². The fourth-order valence-corrected chi connectivity index (χ4v) is 5.99. The van der Waals surface area contributed by atoms with E-state index in [9.17, 15) is 0 Å². The van der Waals surface area contributed by atoms with Crippen LogP contribution in [0.2, 0.25) is 0 Å². The average Bonchev–Trinajstić information content (AvgIpc) is 3.25. The maximum Gasteiger partial charge on any atom is -0.0134 e. The van der Waals surface area contributed by atoms with Crippen molar-refractivity contribution in [3.63, 3.8) is 0 Å². The van der Waals surface area contributed by atoms with Crippen LogP contribution in [0.15, 0.2) is 114 Å². The molecule has 0 bridgehead atoms. The maximum atomic E-state index is 5.59. The molecule has 3 heteroatoms. The molecule has 0 amide bonds. The average molecular weight is 414 g/mol. The van der Waals surface area contributed by atoms with Crippen LogP contribution in [0.4, 0.5) is 0 Å². The third-order valence-corrected chi connectivity index (χ3v) is 8.10. The molecule has 3 aromatic carbocycles. The Morgan fingerprint density at radius 1 is 0.654 bits per heavy atom. The van der Waals surface area contributed by atoms with Crippen molar-refractivity contribution in [1.29, 1.82) is 0 Å². The topological polar surface area (TPSA) is 0 Å². The van der Waals surface area contributed by atoms with Crippen LogP contribution in [0.3, 0.4) is 0 Å². The molecule has 0 aliphatic heterocycles. The Bertz CT molecular complexity index is 751. The molecule has 3 aromatic rings. The van der Waals surface area contributed by atoms with Crippen LogP contribution in [-0.2, 0) is 15.3 Å². The minimum absolute atomic E-state index is 0.00521. The van der Waals surface area contributed by atoms with Gasteiger partial charge in [-0.2, -0.15) is 0 Å². The fraction of sp³-hybridized carbons (Fsp3) is 0.0435. The van der Waals surface area contributed by atoms with Gasteiger partial charge in [-0.05, 0) is 23.8 Å². The van der Waals surface area contributed by atoms with Gasteiger partial charge in [0.25, 0.3) is 0 Å². The van der Waals surface area contributed by atoms with E-state index in [1.54, 1.807) is 0 Å². The smallest absolute Gasteiger partial charge is 0.0134 e. The number of hydrogen-bond acceptors (Lipinski definition) is 0. The van der Waals surface area contributed by atoms with Crippen molar-refractivity contribution >= 4 is 33.7 Å². The van der Waals surface area contributed by atoms with Gasteiger partial charge in [-0.1, -0.05) is 91.0 Å². The summed E-state index contributed by atoms with van der Waals surface area (Å²) in [5, 5.41) is 4.19. The van der Waals surface area contributed by atoms with Gasteiger partial charge in [-0.25, -0.2) is 0 Å². The molecule has 0 N–H and O–H groups in total. The van der Waals surface area contributed by atoms with Crippen molar-refractivity contribution in [2.45, 2.75) is 6.42 Å². The zero-order chi connectivity index (χ0) is 18.0. The molecule has 1 aliphatic rings. The molecular formula is C23H20ClPV. The van der Waals surface area contributed by atoms with Crippen molar-refractivity contribution in [1.82, 2.24) is 0 Å². The fourth-order valence-electron chi connectivity index (χ4n) is 2.68. The van der Waals surface area contributed by atoms with Crippen LogP contribution in [-0.4, -0.2) is 0 Å². The van der Waals surface area contributed by atoms with Crippen LogP contribution in [0, 0.1) is 0 Å². The molecule has 0 unspecified atom stereocenters. The molecule has 1 aliphatic carbocycles. The summed E-state index contributed by atoms with van der Waals surface area (Å²) in [4.78, 5) is 0. The Morgan fingerprint density at radius 3 is 1.35 bits per heavy atom. The normalized spacial score (nSPS) is 12.3. The number of hydrogen-bond donors (Lipinski definition) is 0. The van der Waals surface area contributed by atoms with E-state index in [0.717, 1.165) is 6.42 Å². The Labute approximate surface area is 168 Å². The van der Waals surface area contributed by atoms with Gasteiger partial charge in [0.1, 0.15) is 0 Å². The van der Waals surface area contributed by atoms with Crippen molar-refractivity contribution in [3.8, 4) is 0 Å². The second kappa shape index (κ2) is 10.6. The van der Waals surface area contributed by atoms with E-state index >= 15 is 0 Å². The van der Waals surface area contributed by atoms with Crippen LogP contribution in [0.25, 0.3) is 0 Å². The molecule has 0 nitrogen and oxygen atoms in total. The molecule has 0 spiro atoms. The van der Waals surface area contributed by atoms with Gasteiger partial charge in [0.15, 0.2) is 0 Å². The summed E-state index contributed by atoms with van der Waals surface area (Å²) < 4.78 is 1.41. The van der Waals surface area contributed by atoms with E-state index < -0.39 is 7.92 Å². The van der Waals surface area contributed by atoms with Gasteiger partial charge in [-0.3, -0.25) is 0 Å². The summed E-state index contributed by atoms with van der Waals surface area (Å²) in [5.74, 6) is 0. The Kier molecular flexibility index (Phi) is 7.80. The second-order valence-electron chi connectivity index (χ2n) is 5.72. The van der Waals surface area contributed by atoms with Gasteiger partial charge in [0, 0.05) is 0 Å². The molecule has 0 heterocycles. The molecule has 4 rings (SSSR count). The first kappa shape index (κ1) is 19.2. The monoisotopic (exact) mass is 413 g/mol. The standard InChI is InChI=1S/C18H15P.C5H5.ClH.V/c1-4-10-16(11-5-1)19(17-12-6-2-7-13-17)18-14-8-3-9-15-18;1-2-4-5-3-1;;/h1-15H;1-3H,4H2;1H;/q;;;+1/p-1. The Morgan fingerprint density at radius 2 is 1.08 bits per heavy atom. The number of rotatable bonds is 4. The molecule has 26 heavy (non-hydrogen) atoms. The molecule has 0 atom stereocenters. The first-order chi connectivity index (χ1) is 12.9. The predicted molar refractivity (Wildman–Crippen MR) is 113 cm³/mol. The van der Waals surface area contributed by atoms with Crippen LogP contribution in [0.5, 0.6) is 0 Å². The van der Waals surface area contributed by atoms with Gasteiger partial charge in [0.2, 0.25) is 0 Å². The van der Waals surface area contributed by atoms with Crippen LogP contribution < -0.4 is 15.9 Å². The van der Waals surface area contributed by atoms with Gasteiger partial charge < -0.3 is 0 Å². The largest absolute Gasteiger partial charge is 0.0622 e. The molecule has 0 radical (unpaired) electrons. The van der Waals surface area contributed by atoms with E-state index in [1.165, 1.54) is 20.2 Å². The number of halogens is 1. The van der Waals surface area contributed by atoms with Gasteiger partial charge >= 0.3 is 54.1 Å². The molecule has 0 aromatic heterocycles. The SMILES string of the molecule is [Cl][V][C]1=CC=CC1.c1ccc(P(c2ccccc2)c2ccccc2)cc1. The zero-order valence-electron chi connectivity index (χ0n) is 14.4. The van der Waals surface area contributed by atoms with E-state index in [1.807, 2.05) is 0 Å². The summed E-state index contributed by atoms with van der Waals surface area (Å²) in [6, 6.07) is 32.3. The summed E-state index contributed by atoms with van der Waals surface area (Å²) in [6.07, 6.45) is 7.40. The van der Waals surface area contributed by atoms with E-state index in [2.05, 4.69) is 109 Å². The van der Waals surface area contributed by atoms with E-state index in [4.69, 9.17) is 9.85 Å². The zero-order valence-corrected chi connectivity index (χ0v) is 17.4. The summed E-state index contributed by atoms with van der Waals surface area (Å²) in [6.45, 7) is 0. The van der Waals surface area contributed by atoms with Crippen LogP contribution in [0.1, 0.15) is 6.42 Å². The van der Waals surface area contributed by atoms with Crippen molar-refractivity contribution in [3.05, 3.63) is 114 Å². The third kappa shape index (κ3) is 5.47. The predicted octanol–water partition coefficient (Wildman–Crippen LogP) is 5.51. The molecule has 0 saturated carbocycles. The van der Waals surface area contributed by atoms with E-state index in [-0.39, 0.29) is 15.3 Å². The van der Waals surface area contributed by atoms with Crippen molar-refractivity contribution in [2.75, 3.05) is 0 Å². The number of allylic oxidation sites excluding steroid dienone is 4. The Hall–Kier alpha value is -1.56. The first-order valence-electron chi connectivity index (χ1n) is 8.51. The first-order valence-corrected chi connectivity index (χ1v) is 12.5. The molecule has 0 saturated heterocycles. The maximum absolute atomic E-state index is 5.59. The Balaban J connectivity index is 0.000000236. The van der Waals surface area contributed by atoms with Gasteiger partial charge in [-0.15, -0.1) is 0 Å². The summed E-state index contributed by atoms with van der Waals surface area (Å²) in [5.41, 5.74) is 0. The van der Waals surface area contributed by atoms with Crippen LogP contribution >= 0.6 is 17.8 Å². The molecule has 129 valence electrons. The molecule has 0 fully saturated rings. The number of benzene rings is 3. The summed E-state index contributed by atoms with van der Waals surface area (Å²) >= 11 is -0.00521. The van der Waals surface area contributed by atoms with Crippen molar-refractivity contribution < 1.29 is 15.3 Å². The third-order valence-electron chi connectivity index (χ3n) is 3.90. The second-order valence-corrected chi connectivity index (χ2v) is 9.79. The van der Waals surface area contributed by atoms with E-state index in [0.29, 0.717) is 0 Å².